The molecule has 138 valence electrons. The highest BCUT2D eigenvalue weighted by Gasteiger charge is 2.33. The predicted molar refractivity (Wildman–Crippen MR) is 92.5 cm³/mol. The molecule has 2 aliphatic heterocycles. The molecule has 1 aromatic carbocycles. The first kappa shape index (κ1) is 17.9. The fourth-order valence-electron chi connectivity index (χ4n) is 3.23. The quantitative estimate of drug-likeness (QED) is 0.740. The average Bonchev–Trinajstić information content (AvgIpc) is 2.99. The number of ether oxygens (including phenoxy) is 3. The van der Waals surface area contributed by atoms with Gasteiger partial charge in [-0.2, -0.15) is 0 Å². The molecule has 26 heavy (non-hydrogen) atoms. The highest BCUT2D eigenvalue weighted by Crippen LogP contribution is 2.34. The highest BCUT2D eigenvalue weighted by atomic mass is 16.5. The van der Waals surface area contributed by atoms with Gasteiger partial charge in [0.25, 0.3) is 0 Å². The van der Waals surface area contributed by atoms with Gasteiger partial charge in [-0.3, -0.25) is 4.79 Å². The number of esters is 2. The van der Waals surface area contributed by atoms with Crippen molar-refractivity contribution in [3.63, 3.8) is 0 Å². The summed E-state index contributed by atoms with van der Waals surface area (Å²) in [6.45, 7) is 2.55. The number of benzene rings is 1. The van der Waals surface area contributed by atoms with E-state index in [9.17, 15) is 14.4 Å². The Hall–Kier alpha value is -2.87. The molecule has 1 amide bonds. The number of anilines is 2. The van der Waals surface area contributed by atoms with Gasteiger partial charge in [0, 0.05) is 17.9 Å². The minimum absolute atomic E-state index is 0.0357. The maximum absolute atomic E-state index is 12.3. The topological polar surface area (TPSA) is 85.4 Å². The van der Waals surface area contributed by atoms with E-state index in [0.717, 1.165) is 11.3 Å². The zero-order valence-electron chi connectivity index (χ0n) is 14.9. The molecule has 0 bridgehead atoms. The predicted octanol–water partition coefficient (Wildman–Crippen LogP) is 0.990. The van der Waals surface area contributed by atoms with E-state index in [4.69, 9.17) is 14.2 Å². The van der Waals surface area contributed by atoms with Gasteiger partial charge in [-0.25, -0.2) is 9.59 Å². The van der Waals surface area contributed by atoms with Crippen LogP contribution in [0.25, 0.3) is 0 Å². The van der Waals surface area contributed by atoms with E-state index in [-0.39, 0.29) is 30.5 Å². The molecule has 2 heterocycles. The van der Waals surface area contributed by atoms with E-state index in [2.05, 4.69) is 0 Å². The van der Waals surface area contributed by atoms with Crippen molar-refractivity contribution in [1.29, 1.82) is 0 Å². The molecule has 0 N–H and O–H groups in total. The van der Waals surface area contributed by atoms with Crippen LogP contribution in [0.1, 0.15) is 12.5 Å². The number of hydrogen-bond donors (Lipinski definition) is 0. The third-order valence-electron chi connectivity index (χ3n) is 4.46. The molecule has 8 nitrogen and oxygen atoms in total. The third-order valence-corrected chi connectivity index (χ3v) is 4.46. The fraction of sp³-hybridized carbons (Fsp3) is 0.389. The van der Waals surface area contributed by atoms with Crippen LogP contribution in [0.5, 0.6) is 0 Å². The van der Waals surface area contributed by atoms with Crippen LogP contribution < -0.4 is 9.80 Å². The lowest BCUT2D eigenvalue weighted by Crippen LogP contribution is -2.38. The van der Waals surface area contributed by atoms with Crippen LogP contribution in [0.15, 0.2) is 29.5 Å². The molecule has 0 unspecified atom stereocenters. The number of amides is 1. The number of rotatable bonds is 4. The van der Waals surface area contributed by atoms with Gasteiger partial charge < -0.3 is 24.0 Å². The number of likely N-dealkylation sites (N-methyl/N-ethyl adjacent to an activating group) is 1. The Morgan fingerprint density at radius 3 is 2.58 bits per heavy atom. The molecule has 0 spiro atoms. The molecule has 0 aliphatic carbocycles. The number of carbonyl (C=O) groups is 3. The van der Waals surface area contributed by atoms with E-state index in [1.807, 2.05) is 19.1 Å². The van der Waals surface area contributed by atoms with Gasteiger partial charge in [-0.05, 0) is 30.7 Å². The largest absolute Gasteiger partial charge is 0.466 e. The summed E-state index contributed by atoms with van der Waals surface area (Å²) in [6, 6.07) is 5.45. The Balaban J connectivity index is 2.05. The van der Waals surface area contributed by atoms with Crippen LogP contribution in [0, 0.1) is 0 Å². The molecule has 1 aromatic rings. The maximum Gasteiger partial charge on any atom is 0.355 e. The van der Waals surface area contributed by atoms with Crippen molar-refractivity contribution in [2.45, 2.75) is 13.3 Å². The van der Waals surface area contributed by atoms with Crippen molar-refractivity contribution in [1.82, 2.24) is 0 Å². The molecule has 0 saturated heterocycles. The van der Waals surface area contributed by atoms with E-state index >= 15 is 0 Å². The molecule has 0 fully saturated rings. The number of nitrogens with zero attached hydrogens (tertiary/aromatic N) is 2. The summed E-state index contributed by atoms with van der Waals surface area (Å²) < 4.78 is 15.1. The van der Waals surface area contributed by atoms with E-state index < -0.39 is 11.9 Å². The molecule has 0 atom stereocenters. The first-order valence-corrected chi connectivity index (χ1v) is 8.20. The SMILES string of the molecule is CCN1C(=O)Cc2cc(N3COCC(C(=O)OC)=C3C(=O)OC)ccc21. The minimum Gasteiger partial charge on any atom is -0.466 e. The minimum atomic E-state index is -0.652. The van der Waals surface area contributed by atoms with Crippen molar-refractivity contribution in [3.8, 4) is 0 Å². The summed E-state index contributed by atoms with van der Waals surface area (Å²) in [5, 5.41) is 0. The average molecular weight is 360 g/mol. The van der Waals surface area contributed by atoms with Crippen LogP contribution in [-0.4, -0.2) is 51.9 Å². The first-order valence-electron chi connectivity index (χ1n) is 8.20. The van der Waals surface area contributed by atoms with Gasteiger partial charge in [0.1, 0.15) is 12.4 Å². The molecular weight excluding hydrogens is 340 g/mol. The monoisotopic (exact) mass is 360 g/mol. The first-order chi connectivity index (χ1) is 12.5. The second-order valence-corrected chi connectivity index (χ2v) is 5.84. The summed E-state index contributed by atoms with van der Waals surface area (Å²) in [6.07, 6.45) is 0.298. The Morgan fingerprint density at radius 1 is 1.19 bits per heavy atom. The molecule has 0 radical (unpaired) electrons. The van der Waals surface area contributed by atoms with Crippen molar-refractivity contribution in [3.05, 3.63) is 35.0 Å². The van der Waals surface area contributed by atoms with Crippen LogP contribution in [-0.2, 0) is 35.0 Å². The van der Waals surface area contributed by atoms with Crippen molar-refractivity contribution >= 4 is 29.2 Å². The third kappa shape index (κ3) is 2.92. The Labute approximate surface area is 150 Å². The molecule has 3 rings (SSSR count). The van der Waals surface area contributed by atoms with Crippen LogP contribution in [0.3, 0.4) is 0 Å². The standard InChI is InChI=1S/C18H20N2O6/c1-4-19-14-6-5-12(7-11(14)8-15(19)21)20-10-26-9-13(17(22)24-2)16(20)18(23)25-3/h5-7H,4,8-10H2,1-3H3. The van der Waals surface area contributed by atoms with Crippen LogP contribution in [0.4, 0.5) is 11.4 Å². The number of methoxy groups -OCH3 is 2. The fourth-order valence-corrected chi connectivity index (χ4v) is 3.23. The number of carbonyl (C=O) groups excluding carboxylic acids is 3. The zero-order valence-corrected chi connectivity index (χ0v) is 14.9. The molecular formula is C18H20N2O6. The molecule has 2 aliphatic rings. The lowest BCUT2D eigenvalue weighted by molar-refractivity contribution is -0.140. The normalized spacial score (nSPS) is 16.7. The van der Waals surface area contributed by atoms with Gasteiger partial charge in [-0.15, -0.1) is 0 Å². The van der Waals surface area contributed by atoms with Crippen molar-refractivity contribution in [2.75, 3.05) is 43.9 Å². The summed E-state index contributed by atoms with van der Waals surface area (Å²) >= 11 is 0. The van der Waals surface area contributed by atoms with Crippen LogP contribution in [0.2, 0.25) is 0 Å². The van der Waals surface area contributed by atoms with E-state index in [1.165, 1.54) is 14.2 Å². The molecule has 0 aromatic heterocycles. The summed E-state index contributed by atoms with van der Waals surface area (Å²) in [5.74, 6) is -1.27. The lowest BCUT2D eigenvalue weighted by atomic mass is 10.1. The van der Waals surface area contributed by atoms with Gasteiger partial charge in [0.15, 0.2) is 0 Å². The van der Waals surface area contributed by atoms with Gasteiger partial charge in [-0.1, -0.05) is 0 Å². The van der Waals surface area contributed by atoms with Crippen molar-refractivity contribution < 1.29 is 28.6 Å². The number of hydrogen-bond acceptors (Lipinski definition) is 7. The van der Waals surface area contributed by atoms with Crippen LogP contribution >= 0.6 is 0 Å². The molecule has 8 heteroatoms. The van der Waals surface area contributed by atoms with Gasteiger partial charge in [0.05, 0.1) is 32.8 Å². The zero-order chi connectivity index (χ0) is 18.8. The van der Waals surface area contributed by atoms with Gasteiger partial charge in [0.2, 0.25) is 5.91 Å². The summed E-state index contributed by atoms with van der Waals surface area (Å²) in [7, 11) is 2.49. The maximum atomic E-state index is 12.3. The van der Waals surface area contributed by atoms with E-state index in [0.29, 0.717) is 18.7 Å². The second kappa shape index (κ2) is 7.17. The summed E-state index contributed by atoms with van der Waals surface area (Å²) in [5.41, 5.74) is 2.54. The smallest absolute Gasteiger partial charge is 0.355 e. The second-order valence-electron chi connectivity index (χ2n) is 5.84. The molecule has 0 saturated carbocycles. The Morgan fingerprint density at radius 2 is 1.92 bits per heavy atom. The van der Waals surface area contributed by atoms with E-state index in [1.54, 1.807) is 15.9 Å². The Bertz CT molecular complexity index is 801. The highest BCUT2D eigenvalue weighted by molar-refractivity contribution is 6.04. The van der Waals surface area contributed by atoms with Gasteiger partial charge >= 0.3 is 11.9 Å². The lowest BCUT2D eigenvalue weighted by Gasteiger charge is -2.31. The number of fused-ring (bicyclic) bond motifs is 1. The van der Waals surface area contributed by atoms with Crippen molar-refractivity contribution in [2.24, 2.45) is 0 Å². The Kier molecular flexibility index (Phi) is 4.94. The summed E-state index contributed by atoms with van der Waals surface area (Å²) in [4.78, 5) is 39.7.